The van der Waals surface area contributed by atoms with Crippen LogP contribution in [0.15, 0.2) is 36.4 Å². The normalized spacial score (nSPS) is 25.0. The maximum atomic E-state index is 6.04. The summed E-state index contributed by atoms with van der Waals surface area (Å²) in [7, 11) is 0. The molecule has 2 bridgehead atoms. The lowest BCUT2D eigenvalue weighted by Gasteiger charge is -2.44. The third-order valence-electron chi connectivity index (χ3n) is 4.67. The van der Waals surface area contributed by atoms with E-state index in [0.29, 0.717) is 22.5 Å². The first-order chi connectivity index (χ1) is 11.8. The summed E-state index contributed by atoms with van der Waals surface area (Å²) in [5.41, 5.74) is 1.48. The van der Waals surface area contributed by atoms with Gasteiger partial charge in [0.15, 0.2) is 0 Å². The van der Waals surface area contributed by atoms with E-state index in [0.717, 1.165) is 12.1 Å². The lowest BCUT2D eigenvalue weighted by atomic mass is 9.86. The average Bonchev–Trinajstić information content (AvgIpc) is 2.62. The van der Waals surface area contributed by atoms with E-state index in [1.807, 2.05) is 36.4 Å². The Morgan fingerprint density at radius 3 is 2.62 bits per heavy atom. The summed E-state index contributed by atoms with van der Waals surface area (Å²) < 4.78 is 6.04. The monoisotopic (exact) mass is 339 g/mol. The molecule has 122 valence electrons. The summed E-state index contributed by atoms with van der Waals surface area (Å²) in [6, 6.07) is 11.1. The molecular formula is C19H18ClN3O. The molecule has 3 fully saturated rings. The van der Waals surface area contributed by atoms with Gasteiger partial charge in [-0.1, -0.05) is 23.6 Å². The number of hydrogen-bond acceptors (Lipinski definition) is 4. The molecular weight excluding hydrogens is 322 g/mol. The Balaban J connectivity index is 1.42. The fourth-order valence-electron chi connectivity index (χ4n) is 3.35. The van der Waals surface area contributed by atoms with E-state index in [1.54, 1.807) is 0 Å². The molecule has 4 heterocycles. The highest BCUT2D eigenvalue weighted by atomic mass is 35.5. The Bertz CT molecular complexity index is 773. The van der Waals surface area contributed by atoms with Crippen LogP contribution in [0.5, 0.6) is 5.88 Å². The minimum atomic E-state index is 0.241. The molecule has 3 aliphatic rings. The SMILES string of the molecule is Clc1cccc(C#Cc2ccc(OC3CN4CCC3CC4)nn2)c1. The minimum absolute atomic E-state index is 0.241. The molecule has 0 N–H and O–H groups in total. The molecule has 4 nitrogen and oxygen atoms in total. The molecule has 0 radical (unpaired) electrons. The molecule has 3 saturated heterocycles. The van der Waals surface area contributed by atoms with Crippen molar-refractivity contribution < 1.29 is 4.74 Å². The molecule has 1 atom stereocenters. The molecule has 0 spiro atoms. The molecule has 1 aromatic heterocycles. The number of aromatic nitrogens is 2. The van der Waals surface area contributed by atoms with Gasteiger partial charge in [-0.15, -0.1) is 10.2 Å². The highest BCUT2D eigenvalue weighted by Gasteiger charge is 2.35. The van der Waals surface area contributed by atoms with Gasteiger partial charge < -0.3 is 4.74 Å². The van der Waals surface area contributed by atoms with Crippen molar-refractivity contribution in [3.05, 3.63) is 52.7 Å². The van der Waals surface area contributed by atoms with Crippen LogP contribution in [-0.4, -0.2) is 40.8 Å². The van der Waals surface area contributed by atoms with Crippen molar-refractivity contribution in [3.8, 4) is 17.7 Å². The zero-order valence-electron chi connectivity index (χ0n) is 13.3. The van der Waals surface area contributed by atoms with E-state index in [1.165, 1.54) is 25.9 Å². The van der Waals surface area contributed by atoms with Crippen LogP contribution in [0.4, 0.5) is 0 Å². The van der Waals surface area contributed by atoms with Crippen molar-refractivity contribution in [1.29, 1.82) is 0 Å². The van der Waals surface area contributed by atoms with Crippen LogP contribution in [0.25, 0.3) is 0 Å². The van der Waals surface area contributed by atoms with Crippen LogP contribution in [0.2, 0.25) is 5.02 Å². The van der Waals surface area contributed by atoms with E-state index < -0.39 is 0 Å². The summed E-state index contributed by atoms with van der Waals surface area (Å²) in [6.07, 6.45) is 2.69. The second kappa shape index (κ2) is 6.80. The van der Waals surface area contributed by atoms with E-state index in [2.05, 4.69) is 26.9 Å². The van der Waals surface area contributed by atoms with E-state index in [4.69, 9.17) is 16.3 Å². The number of halogens is 1. The number of benzene rings is 1. The maximum absolute atomic E-state index is 6.04. The van der Waals surface area contributed by atoms with Gasteiger partial charge in [-0.25, -0.2) is 0 Å². The highest BCUT2D eigenvalue weighted by Crippen LogP contribution is 2.29. The van der Waals surface area contributed by atoms with Crippen molar-refractivity contribution >= 4 is 11.6 Å². The van der Waals surface area contributed by atoms with Crippen LogP contribution in [-0.2, 0) is 0 Å². The number of fused-ring (bicyclic) bond motifs is 3. The van der Waals surface area contributed by atoms with Crippen LogP contribution in [0.1, 0.15) is 24.1 Å². The van der Waals surface area contributed by atoms with Gasteiger partial charge in [-0.3, -0.25) is 4.90 Å². The van der Waals surface area contributed by atoms with Crippen LogP contribution < -0.4 is 4.74 Å². The van der Waals surface area contributed by atoms with Crippen molar-refractivity contribution in [3.63, 3.8) is 0 Å². The number of ether oxygens (including phenoxy) is 1. The quantitative estimate of drug-likeness (QED) is 0.788. The molecule has 1 aromatic carbocycles. The largest absolute Gasteiger partial charge is 0.472 e. The van der Waals surface area contributed by atoms with Crippen molar-refractivity contribution in [1.82, 2.24) is 15.1 Å². The van der Waals surface area contributed by atoms with E-state index in [9.17, 15) is 0 Å². The second-order valence-electron chi connectivity index (χ2n) is 6.31. The molecule has 2 aromatic rings. The van der Waals surface area contributed by atoms with E-state index in [-0.39, 0.29) is 6.10 Å². The lowest BCUT2D eigenvalue weighted by molar-refractivity contribution is -0.0104. The van der Waals surface area contributed by atoms with Crippen molar-refractivity contribution in [2.24, 2.45) is 5.92 Å². The molecule has 0 aliphatic carbocycles. The fraction of sp³-hybridized carbons (Fsp3) is 0.368. The third kappa shape index (κ3) is 3.53. The molecule has 0 amide bonds. The third-order valence-corrected chi connectivity index (χ3v) is 4.90. The van der Waals surface area contributed by atoms with Gasteiger partial charge in [0.1, 0.15) is 11.8 Å². The summed E-state index contributed by atoms with van der Waals surface area (Å²) in [5, 5.41) is 8.99. The summed E-state index contributed by atoms with van der Waals surface area (Å²) >= 11 is 5.95. The van der Waals surface area contributed by atoms with Gasteiger partial charge in [0.05, 0.1) is 0 Å². The fourth-order valence-corrected chi connectivity index (χ4v) is 3.54. The Kier molecular flexibility index (Phi) is 4.38. The maximum Gasteiger partial charge on any atom is 0.233 e. The second-order valence-corrected chi connectivity index (χ2v) is 6.75. The van der Waals surface area contributed by atoms with Gasteiger partial charge in [-0.05, 0) is 62.0 Å². The Hall–Kier alpha value is -2.09. The highest BCUT2D eigenvalue weighted by molar-refractivity contribution is 6.30. The van der Waals surface area contributed by atoms with Crippen molar-refractivity contribution in [2.75, 3.05) is 19.6 Å². The Morgan fingerprint density at radius 1 is 1.08 bits per heavy atom. The van der Waals surface area contributed by atoms with Gasteiger partial charge in [0.25, 0.3) is 0 Å². The van der Waals surface area contributed by atoms with E-state index >= 15 is 0 Å². The number of rotatable bonds is 2. The molecule has 3 aliphatic heterocycles. The van der Waals surface area contributed by atoms with Crippen molar-refractivity contribution in [2.45, 2.75) is 18.9 Å². The first-order valence-electron chi connectivity index (χ1n) is 8.26. The number of nitrogens with zero attached hydrogens (tertiary/aromatic N) is 3. The smallest absolute Gasteiger partial charge is 0.233 e. The van der Waals surface area contributed by atoms with Gasteiger partial charge in [-0.2, -0.15) is 0 Å². The predicted octanol–water partition coefficient (Wildman–Crippen LogP) is 3.00. The zero-order chi connectivity index (χ0) is 16.4. The lowest BCUT2D eigenvalue weighted by Crippen LogP contribution is -2.52. The Morgan fingerprint density at radius 2 is 1.96 bits per heavy atom. The number of piperidine rings is 3. The molecule has 1 unspecified atom stereocenters. The molecule has 0 saturated carbocycles. The minimum Gasteiger partial charge on any atom is -0.472 e. The summed E-state index contributed by atoms with van der Waals surface area (Å²) in [5.74, 6) is 7.28. The summed E-state index contributed by atoms with van der Waals surface area (Å²) in [4.78, 5) is 2.46. The first kappa shape index (κ1) is 15.4. The Labute approximate surface area is 146 Å². The predicted molar refractivity (Wildman–Crippen MR) is 93.0 cm³/mol. The zero-order valence-corrected chi connectivity index (χ0v) is 14.0. The standard InChI is InChI=1S/C19H18ClN3O/c20-16-3-1-2-14(12-16)4-5-17-6-7-19(22-21-17)24-18-13-23-10-8-15(18)9-11-23/h1-3,6-7,12,15,18H,8-11,13H2. The summed E-state index contributed by atoms with van der Waals surface area (Å²) in [6.45, 7) is 3.41. The van der Waals surface area contributed by atoms with Gasteiger partial charge in [0.2, 0.25) is 5.88 Å². The average molecular weight is 340 g/mol. The van der Waals surface area contributed by atoms with Crippen LogP contribution in [0.3, 0.4) is 0 Å². The molecule has 24 heavy (non-hydrogen) atoms. The van der Waals surface area contributed by atoms with Crippen LogP contribution >= 0.6 is 11.6 Å². The van der Waals surface area contributed by atoms with Gasteiger partial charge in [0, 0.05) is 23.2 Å². The van der Waals surface area contributed by atoms with Crippen LogP contribution in [0, 0.1) is 17.8 Å². The number of hydrogen-bond donors (Lipinski definition) is 0. The molecule has 5 heteroatoms. The van der Waals surface area contributed by atoms with Gasteiger partial charge >= 0.3 is 0 Å². The molecule has 5 rings (SSSR count). The topological polar surface area (TPSA) is 38.2 Å². The first-order valence-corrected chi connectivity index (χ1v) is 8.64.